The second-order valence-corrected chi connectivity index (χ2v) is 6.84. The van der Waals surface area contributed by atoms with Crippen molar-refractivity contribution in [3.63, 3.8) is 0 Å². The Bertz CT molecular complexity index is 893. The standard InChI is InChI=1S/C17H13FN2O3S2/c1-10(15(21)19-12-6-3-2-5-11(12)18)23-17(22)13-9-25-16(20-13)14-7-4-8-24-14/h2-10H,1H3,(H,19,21)/t10-/m0/s1. The zero-order chi connectivity index (χ0) is 17.8. The fourth-order valence-electron chi connectivity index (χ4n) is 1.95. The van der Waals surface area contributed by atoms with Gasteiger partial charge in [-0.2, -0.15) is 0 Å². The summed E-state index contributed by atoms with van der Waals surface area (Å²) in [5.74, 6) is -1.88. The Kier molecular flexibility index (Phi) is 5.20. The number of hydrogen-bond acceptors (Lipinski definition) is 6. The monoisotopic (exact) mass is 376 g/mol. The number of para-hydroxylation sites is 1. The molecule has 0 saturated carbocycles. The predicted molar refractivity (Wildman–Crippen MR) is 95.3 cm³/mol. The number of aromatic nitrogens is 1. The molecule has 1 atom stereocenters. The first-order chi connectivity index (χ1) is 12.0. The number of thiophene rings is 1. The number of benzene rings is 1. The van der Waals surface area contributed by atoms with Crippen molar-refractivity contribution >= 4 is 40.2 Å². The van der Waals surface area contributed by atoms with Gasteiger partial charge in [-0.3, -0.25) is 4.79 Å². The first kappa shape index (κ1) is 17.2. The number of esters is 1. The fourth-order valence-corrected chi connectivity index (χ4v) is 3.56. The summed E-state index contributed by atoms with van der Waals surface area (Å²) >= 11 is 2.84. The van der Waals surface area contributed by atoms with Crippen molar-refractivity contribution in [3.8, 4) is 9.88 Å². The average Bonchev–Trinajstić information content (AvgIpc) is 3.28. The summed E-state index contributed by atoms with van der Waals surface area (Å²) in [6.07, 6.45) is -1.08. The maximum absolute atomic E-state index is 13.5. The molecule has 8 heteroatoms. The van der Waals surface area contributed by atoms with E-state index >= 15 is 0 Å². The Labute approximate surface area is 151 Å². The molecule has 0 unspecified atom stereocenters. The molecule has 0 aliphatic carbocycles. The molecular formula is C17H13FN2O3S2. The van der Waals surface area contributed by atoms with Crippen molar-refractivity contribution in [3.05, 3.63) is 58.7 Å². The van der Waals surface area contributed by atoms with E-state index in [1.54, 1.807) is 11.4 Å². The number of anilines is 1. The quantitative estimate of drug-likeness (QED) is 0.678. The highest BCUT2D eigenvalue weighted by Gasteiger charge is 2.22. The van der Waals surface area contributed by atoms with Gasteiger partial charge in [-0.15, -0.1) is 22.7 Å². The van der Waals surface area contributed by atoms with Gasteiger partial charge in [0, 0.05) is 5.38 Å². The van der Waals surface area contributed by atoms with Crippen LogP contribution in [0.5, 0.6) is 0 Å². The number of nitrogens with one attached hydrogen (secondary N) is 1. The number of thiazole rings is 1. The van der Waals surface area contributed by atoms with Gasteiger partial charge in [0.05, 0.1) is 10.6 Å². The Morgan fingerprint density at radius 1 is 1.20 bits per heavy atom. The van der Waals surface area contributed by atoms with Crippen molar-refractivity contribution in [2.75, 3.05) is 5.32 Å². The van der Waals surface area contributed by atoms with Gasteiger partial charge in [0.15, 0.2) is 11.8 Å². The normalized spacial score (nSPS) is 11.8. The van der Waals surface area contributed by atoms with Crippen LogP contribution in [0.2, 0.25) is 0 Å². The van der Waals surface area contributed by atoms with Gasteiger partial charge < -0.3 is 10.1 Å². The van der Waals surface area contributed by atoms with Crippen LogP contribution in [0.25, 0.3) is 9.88 Å². The van der Waals surface area contributed by atoms with E-state index in [2.05, 4.69) is 10.3 Å². The molecule has 0 spiro atoms. The van der Waals surface area contributed by atoms with E-state index in [0.29, 0.717) is 5.01 Å². The topological polar surface area (TPSA) is 68.3 Å². The van der Waals surface area contributed by atoms with Crippen LogP contribution in [-0.4, -0.2) is 23.0 Å². The average molecular weight is 376 g/mol. The van der Waals surface area contributed by atoms with E-state index in [-0.39, 0.29) is 11.4 Å². The number of ether oxygens (including phenoxy) is 1. The summed E-state index contributed by atoms with van der Waals surface area (Å²) in [6, 6.07) is 9.57. The second-order valence-electron chi connectivity index (χ2n) is 5.03. The molecule has 1 N–H and O–H groups in total. The van der Waals surface area contributed by atoms with Crippen LogP contribution < -0.4 is 5.32 Å². The van der Waals surface area contributed by atoms with Crippen LogP contribution in [0, 0.1) is 5.82 Å². The number of hydrogen-bond donors (Lipinski definition) is 1. The Balaban J connectivity index is 1.62. The molecule has 3 aromatic rings. The van der Waals surface area contributed by atoms with Gasteiger partial charge in [0.2, 0.25) is 0 Å². The lowest BCUT2D eigenvalue weighted by Crippen LogP contribution is -2.30. The van der Waals surface area contributed by atoms with Crippen molar-refractivity contribution < 1.29 is 18.7 Å². The predicted octanol–water partition coefficient (Wildman–Crippen LogP) is 4.19. The van der Waals surface area contributed by atoms with Gasteiger partial charge >= 0.3 is 5.97 Å². The molecule has 1 aromatic carbocycles. The lowest BCUT2D eigenvalue weighted by atomic mass is 10.3. The van der Waals surface area contributed by atoms with Crippen LogP contribution in [0.3, 0.4) is 0 Å². The van der Waals surface area contributed by atoms with Gasteiger partial charge in [-0.1, -0.05) is 18.2 Å². The highest BCUT2D eigenvalue weighted by Crippen LogP contribution is 2.28. The van der Waals surface area contributed by atoms with Crippen LogP contribution in [0.15, 0.2) is 47.2 Å². The Morgan fingerprint density at radius 2 is 2.00 bits per heavy atom. The number of carbonyl (C=O) groups excluding carboxylic acids is 2. The van der Waals surface area contributed by atoms with Crippen molar-refractivity contribution in [2.45, 2.75) is 13.0 Å². The molecule has 0 aliphatic rings. The number of nitrogens with zero attached hydrogens (tertiary/aromatic N) is 1. The molecule has 25 heavy (non-hydrogen) atoms. The second kappa shape index (κ2) is 7.54. The van der Waals surface area contributed by atoms with Crippen LogP contribution in [-0.2, 0) is 9.53 Å². The molecule has 2 aromatic heterocycles. The van der Waals surface area contributed by atoms with Gasteiger partial charge in [-0.05, 0) is 30.5 Å². The summed E-state index contributed by atoms with van der Waals surface area (Å²) in [4.78, 5) is 29.4. The zero-order valence-corrected chi connectivity index (χ0v) is 14.7. The molecule has 1 amide bonds. The molecule has 0 radical (unpaired) electrons. The maximum Gasteiger partial charge on any atom is 0.358 e. The van der Waals surface area contributed by atoms with Gasteiger partial charge in [0.1, 0.15) is 10.8 Å². The van der Waals surface area contributed by atoms with Crippen LogP contribution >= 0.6 is 22.7 Å². The summed E-state index contributed by atoms with van der Waals surface area (Å²) in [6.45, 7) is 1.42. The minimum Gasteiger partial charge on any atom is -0.448 e. The van der Waals surface area contributed by atoms with E-state index in [1.165, 1.54) is 47.8 Å². The maximum atomic E-state index is 13.5. The highest BCUT2D eigenvalue weighted by atomic mass is 32.1. The molecule has 128 valence electrons. The molecule has 2 heterocycles. The molecular weight excluding hydrogens is 363 g/mol. The minimum atomic E-state index is -1.08. The van der Waals surface area contributed by atoms with Crippen molar-refractivity contribution in [1.82, 2.24) is 4.98 Å². The summed E-state index contributed by atoms with van der Waals surface area (Å²) in [5.41, 5.74) is 0.169. The third-order valence-electron chi connectivity index (χ3n) is 3.23. The number of amides is 1. The molecule has 0 saturated heterocycles. The Morgan fingerprint density at radius 3 is 2.72 bits per heavy atom. The number of carbonyl (C=O) groups is 2. The highest BCUT2D eigenvalue weighted by molar-refractivity contribution is 7.20. The van der Waals surface area contributed by atoms with E-state index < -0.39 is 23.8 Å². The van der Waals surface area contributed by atoms with E-state index in [4.69, 9.17) is 4.74 Å². The smallest absolute Gasteiger partial charge is 0.358 e. The van der Waals surface area contributed by atoms with Crippen LogP contribution in [0.1, 0.15) is 17.4 Å². The van der Waals surface area contributed by atoms with Crippen molar-refractivity contribution in [2.24, 2.45) is 0 Å². The number of halogens is 1. The summed E-state index contributed by atoms with van der Waals surface area (Å²) in [5, 5.41) is 6.60. The summed E-state index contributed by atoms with van der Waals surface area (Å²) < 4.78 is 18.7. The third-order valence-corrected chi connectivity index (χ3v) is 5.11. The molecule has 5 nitrogen and oxygen atoms in total. The first-order valence-corrected chi connectivity index (χ1v) is 9.06. The largest absolute Gasteiger partial charge is 0.448 e. The lowest BCUT2D eigenvalue weighted by Gasteiger charge is -2.13. The van der Waals surface area contributed by atoms with Crippen LogP contribution in [0.4, 0.5) is 10.1 Å². The third kappa shape index (κ3) is 4.09. The van der Waals surface area contributed by atoms with Gasteiger partial charge in [-0.25, -0.2) is 14.2 Å². The SMILES string of the molecule is C[C@H](OC(=O)c1csc(-c2cccs2)n1)C(=O)Nc1ccccc1F. The minimum absolute atomic E-state index is 0.0315. The lowest BCUT2D eigenvalue weighted by molar-refractivity contribution is -0.123. The van der Waals surface area contributed by atoms with Gasteiger partial charge in [0.25, 0.3) is 5.91 Å². The van der Waals surface area contributed by atoms with E-state index in [9.17, 15) is 14.0 Å². The fraction of sp³-hybridized carbons (Fsp3) is 0.118. The Hall–Kier alpha value is -2.58. The molecule has 0 bridgehead atoms. The first-order valence-electron chi connectivity index (χ1n) is 7.30. The molecule has 0 aliphatic heterocycles. The van der Waals surface area contributed by atoms with Crippen molar-refractivity contribution in [1.29, 1.82) is 0 Å². The molecule has 3 rings (SSSR count). The molecule has 0 fully saturated rings. The van der Waals surface area contributed by atoms with E-state index in [1.807, 2.05) is 17.5 Å². The summed E-state index contributed by atoms with van der Waals surface area (Å²) in [7, 11) is 0. The zero-order valence-electron chi connectivity index (χ0n) is 13.1. The van der Waals surface area contributed by atoms with E-state index in [0.717, 1.165) is 4.88 Å². The number of rotatable bonds is 5.